The second-order valence-corrected chi connectivity index (χ2v) is 8.26. The zero-order valence-electron chi connectivity index (χ0n) is 18.1. The second kappa shape index (κ2) is 9.51. The molecule has 0 aliphatic carbocycles. The van der Waals surface area contributed by atoms with Gasteiger partial charge in [-0.15, -0.1) is 0 Å². The lowest BCUT2D eigenvalue weighted by molar-refractivity contribution is 0.0906. The fourth-order valence-corrected chi connectivity index (χ4v) is 4.20. The van der Waals surface area contributed by atoms with Crippen molar-refractivity contribution in [3.63, 3.8) is 0 Å². The summed E-state index contributed by atoms with van der Waals surface area (Å²) in [7, 11) is 1.91. The minimum absolute atomic E-state index is 0.00943. The smallest absolute Gasteiger partial charge is 0.298 e. The van der Waals surface area contributed by atoms with Crippen molar-refractivity contribution in [2.24, 2.45) is 0 Å². The van der Waals surface area contributed by atoms with Crippen molar-refractivity contribution in [1.82, 2.24) is 20.2 Å². The highest BCUT2D eigenvalue weighted by Gasteiger charge is 2.28. The quantitative estimate of drug-likeness (QED) is 0.576. The number of H-pyrrole nitrogens is 1. The van der Waals surface area contributed by atoms with Crippen LogP contribution in [-0.2, 0) is 6.42 Å². The topological polar surface area (TPSA) is 77.4 Å². The maximum atomic E-state index is 13.2. The molecule has 1 aliphatic rings. The average molecular weight is 428 g/mol. The number of nitrogens with zero attached hydrogens (tertiary/aromatic N) is 3. The zero-order valence-corrected chi connectivity index (χ0v) is 18.1. The number of aromatic amines is 1. The van der Waals surface area contributed by atoms with Gasteiger partial charge in [0.15, 0.2) is 0 Å². The first-order valence-corrected chi connectivity index (χ1v) is 10.9. The largest absolute Gasteiger partial charge is 0.418 e. The predicted molar refractivity (Wildman–Crippen MR) is 119 cm³/mol. The van der Waals surface area contributed by atoms with Gasteiger partial charge in [-0.3, -0.25) is 9.69 Å². The van der Waals surface area contributed by atoms with Crippen molar-refractivity contribution in [2.75, 3.05) is 38.3 Å². The van der Waals surface area contributed by atoms with E-state index in [2.05, 4.69) is 28.3 Å². The summed E-state index contributed by atoms with van der Waals surface area (Å²) < 4.78 is 19.0. The molecule has 4 rings (SSSR count). The first kappa shape index (κ1) is 21.4. The number of halogens is 1. The van der Waals surface area contributed by atoms with Gasteiger partial charge in [0.25, 0.3) is 11.9 Å². The molecule has 8 heteroatoms. The maximum Gasteiger partial charge on any atom is 0.298 e. The molecule has 0 bridgehead atoms. The van der Waals surface area contributed by atoms with Crippen molar-refractivity contribution in [3.05, 3.63) is 48.0 Å². The Bertz CT molecular complexity index is 1020. The lowest BCUT2D eigenvalue weighted by Crippen LogP contribution is -2.52. The number of piperazine rings is 1. The summed E-state index contributed by atoms with van der Waals surface area (Å²) in [6, 6.07) is 8.35. The van der Waals surface area contributed by atoms with Crippen LogP contribution in [0.15, 0.2) is 41.1 Å². The Hall–Kier alpha value is -2.87. The van der Waals surface area contributed by atoms with Crippen LogP contribution in [0.4, 0.5) is 10.4 Å². The third kappa shape index (κ3) is 4.74. The number of rotatable bonds is 8. The molecule has 1 aliphatic heterocycles. The molecule has 1 saturated heterocycles. The van der Waals surface area contributed by atoms with Crippen LogP contribution in [0.3, 0.4) is 0 Å². The van der Waals surface area contributed by atoms with E-state index in [1.807, 2.05) is 41.2 Å². The van der Waals surface area contributed by atoms with Gasteiger partial charge >= 0.3 is 0 Å². The Morgan fingerprint density at radius 3 is 3.03 bits per heavy atom. The number of alkyl halides is 1. The Balaban J connectivity index is 1.42. The van der Waals surface area contributed by atoms with E-state index in [0.29, 0.717) is 19.1 Å². The number of carbonyl (C=O) groups excluding carboxylic acids is 1. The van der Waals surface area contributed by atoms with Crippen LogP contribution in [0.1, 0.15) is 35.9 Å². The number of fused-ring (bicyclic) bond motifs is 1. The molecule has 0 radical (unpaired) electrons. The van der Waals surface area contributed by atoms with Crippen molar-refractivity contribution >= 4 is 22.8 Å². The molecule has 3 aromatic rings. The third-order valence-electron chi connectivity index (χ3n) is 6.06. The van der Waals surface area contributed by atoms with E-state index in [0.717, 1.165) is 31.3 Å². The lowest BCUT2D eigenvalue weighted by atomic mass is 10.0. The minimum Gasteiger partial charge on any atom is -0.418 e. The third-order valence-corrected chi connectivity index (χ3v) is 6.06. The summed E-state index contributed by atoms with van der Waals surface area (Å²) in [6.07, 6.45) is 6.04. The summed E-state index contributed by atoms with van der Waals surface area (Å²) in [5.74, 6) is -0.0843. The number of benzene rings is 1. The molecule has 0 saturated carbocycles. The summed E-state index contributed by atoms with van der Waals surface area (Å²) in [4.78, 5) is 24.3. The summed E-state index contributed by atoms with van der Waals surface area (Å²) in [5.41, 5.74) is 2.28. The first-order valence-electron chi connectivity index (χ1n) is 10.9. The van der Waals surface area contributed by atoms with Crippen LogP contribution in [0, 0.1) is 0 Å². The number of para-hydroxylation sites is 1. The van der Waals surface area contributed by atoms with Gasteiger partial charge in [-0.05, 0) is 31.5 Å². The van der Waals surface area contributed by atoms with Gasteiger partial charge in [0.2, 0.25) is 5.76 Å². The molecule has 2 N–H and O–H groups in total. The van der Waals surface area contributed by atoms with Crippen LogP contribution in [0.5, 0.6) is 0 Å². The van der Waals surface area contributed by atoms with Crippen molar-refractivity contribution in [2.45, 2.75) is 38.3 Å². The number of amides is 1. The highest BCUT2D eigenvalue weighted by molar-refractivity contribution is 5.91. The molecule has 7 nitrogen and oxygen atoms in total. The Morgan fingerprint density at radius 2 is 2.23 bits per heavy atom. The molecule has 166 valence electrons. The van der Waals surface area contributed by atoms with Crippen molar-refractivity contribution < 1.29 is 13.6 Å². The van der Waals surface area contributed by atoms with Gasteiger partial charge < -0.3 is 19.6 Å². The molecule has 2 unspecified atom stereocenters. The molecule has 2 atom stereocenters. The van der Waals surface area contributed by atoms with Crippen LogP contribution >= 0.6 is 0 Å². The zero-order chi connectivity index (χ0) is 21.8. The number of oxazole rings is 1. The van der Waals surface area contributed by atoms with Crippen LogP contribution in [0.25, 0.3) is 10.9 Å². The fraction of sp³-hybridized carbons (Fsp3) is 0.478. The van der Waals surface area contributed by atoms with E-state index in [1.165, 1.54) is 17.1 Å². The average Bonchev–Trinajstić information content (AvgIpc) is 3.42. The van der Waals surface area contributed by atoms with Crippen LogP contribution in [0.2, 0.25) is 0 Å². The van der Waals surface area contributed by atoms with E-state index < -0.39 is 6.67 Å². The fourth-order valence-electron chi connectivity index (χ4n) is 4.20. The van der Waals surface area contributed by atoms with Gasteiger partial charge in [-0.1, -0.05) is 31.5 Å². The molecule has 2 aromatic heterocycles. The number of carbonyl (C=O) groups is 1. The number of nitrogens with one attached hydrogen (secondary N) is 2. The van der Waals surface area contributed by atoms with Gasteiger partial charge in [-0.25, -0.2) is 9.37 Å². The van der Waals surface area contributed by atoms with Crippen molar-refractivity contribution in [3.8, 4) is 0 Å². The number of hydrogen-bond donors (Lipinski definition) is 2. The highest BCUT2D eigenvalue weighted by Crippen LogP contribution is 2.22. The molecular weight excluding hydrogens is 397 g/mol. The van der Waals surface area contributed by atoms with Crippen LogP contribution < -0.4 is 10.2 Å². The standard InChI is InChI=1S/C23H30FN5O2/c1-3-6-17(11-16-13-25-20-8-5-4-7-19(16)20)27-22(30)21-14-26-23(31-21)29-10-9-28(2)18(12-24)15-29/h4-5,7-8,13-14,17-18,25H,3,6,9-12,15H2,1-2H3,(H,27,30). The highest BCUT2D eigenvalue weighted by atomic mass is 19.1. The molecule has 0 spiro atoms. The molecule has 1 fully saturated rings. The number of likely N-dealkylation sites (N-methyl/N-ethyl adjacent to an activating group) is 1. The lowest BCUT2D eigenvalue weighted by Gasteiger charge is -2.37. The van der Waals surface area contributed by atoms with E-state index in [4.69, 9.17) is 4.42 Å². The Morgan fingerprint density at radius 1 is 1.39 bits per heavy atom. The van der Waals surface area contributed by atoms with Crippen molar-refractivity contribution in [1.29, 1.82) is 0 Å². The van der Waals surface area contributed by atoms with Gasteiger partial charge in [0, 0.05) is 42.8 Å². The minimum atomic E-state index is -0.423. The molecule has 1 aromatic carbocycles. The summed E-state index contributed by atoms with van der Waals surface area (Å²) in [5, 5.41) is 4.29. The van der Waals surface area contributed by atoms with Gasteiger partial charge in [0.1, 0.15) is 6.67 Å². The number of aromatic nitrogens is 2. The predicted octanol–water partition coefficient (Wildman–Crippen LogP) is 3.39. The number of hydrogen-bond acceptors (Lipinski definition) is 5. The Labute approximate surface area is 181 Å². The summed E-state index contributed by atoms with van der Waals surface area (Å²) in [6.45, 7) is 3.59. The number of anilines is 1. The SMILES string of the molecule is CCCC(Cc1c[nH]c2ccccc12)NC(=O)c1cnc(N2CCN(C)C(CF)C2)o1. The first-order chi connectivity index (χ1) is 15.1. The molecular formula is C23H30FN5O2. The van der Waals surface area contributed by atoms with Gasteiger partial charge in [0.05, 0.1) is 12.2 Å². The van der Waals surface area contributed by atoms with Crippen LogP contribution in [-0.4, -0.2) is 66.2 Å². The molecule has 31 heavy (non-hydrogen) atoms. The van der Waals surface area contributed by atoms with E-state index in [1.54, 1.807) is 0 Å². The van der Waals surface area contributed by atoms with Gasteiger partial charge in [-0.2, -0.15) is 0 Å². The monoisotopic (exact) mass is 427 g/mol. The van der Waals surface area contributed by atoms with E-state index in [-0.39, 0.29) is 23.8 Å². The Kier molecular flexibility index (Phi) is 6.56. The molecule has 3 heterocycles. The van der Waals surface area contributed by atoms with E-state index in [9.17, 15) is 9.18 Å². The second-order valence-electron chi connectivity index (χ2n) is 8.26. The normalized spacial score (nSPS) is 18.4. The van der Waals surface area contributed by atoms with E-state index >= 15 is 0 Å². The summed E-state index contributed by atoms with van der Waals surface area (Å²) >= 11 is 0. The maximum absolute atomic E-state index is 13.2. The molecule has 1 amide bonds.